The Kier molecular flexibility index (Phi) is 10.9. The summed E-state index contributed by atoms with van der Waals surface area (Å²) < 4.78 is 0. The van der Waals surface area contributed by atoms with Crippen molar-refractivity contribution < 1.29 is 4.79 Å². The van der Waals surface area contributed by atoms with E-state index >= 15 is 0 Å². The fourth-order valence-electron chi connectivity index (χ4n) is 4.46. The van der Waals surface area contributed by atoms with E-state index in [9.17, 15) is 4.79 Å². The molecule has 40 heavy (non-hydrogen) atoms. The summed E-state index contributed by atoms with van der Waals surface area (Å²) >= 11 is 1.57. The second-order valence-corrected chi connectivity index (χ2v) is 11.6. The number of rotatable bonds is 10. The predicted molar refractivity (Wildman–Crippen MR) is 174 cm³/mol. The second kappa shape index (κ2) is 14.1. The molecule has 0 unspecified atom stereocenters. The Morgan fingerprint density at radius 1 is 1.15 bits per heavy atom. The number of hydrogen-bond donors (Lipinski definition) is 3. The molecule has 1 heterocycles. The molecule has 2 aromatic carbocycles. The van der Waals surface area contributed by atoms with E-state index in [1.165, 1.54) is 11.3 Å². The van der Waals surface area contributed by atoms with Crippen molar-refractivity contribution in [1.82, 2.24) is 10.6 Å². The molecule has 0 saturated heterocycles. The van der Waals surface area contributed by atoms with Gasteiger partial charge in [0.25, 0.3) is 5.91 Å². The lowest BCUT2D eigenvalue weighted by molar-refractivity contribution is 0.0967. The first kappa shape index (κ1) is 30.9. The van der Waals surface area contributed by atoms with Crippen LogP contribution in [-0.4, -0.2) is 18.8 Å². The van der Waals surface area contributed by atoms with Crippen molar-refractivity contribution in [2.75, 3.05) is 23.1 Å². The van der Waals surface area contributed by atoms with Crippen LogP contribution >= 0.6 is 11.8 Å². The molecule has 212 valence electrons. The summed E-state index contributed by atoms with van der Waals surface area (Å²) in [7, 11) is 0. The molecule has 1 aliphatic heterocycles. The number of hydrogen-bond acceptors (Lipinski definition) is 5. The van der Waals surface area contributed by atoms with Crippen molar-refractivity contribution >= 4 is 29.0 Å². The van der Waals surface area contributed by atoms with Gasteiger partial charge in [-0.3, -0.25) is 4.79 Å². The number of nitrogens with one attached hydrogen (secondary N) is 3. The molecular formula is C34H44N4OS. The van der Waals surface area contributed by atoms with Gasteiger partial charge < -0.3 is 20.9 Å². The first-order chi connectivity index (χ1) is 19.1. The van der Waals surface area contributed by atoms with Crippen molar-refractivity contribution in [2.45, 2.75) is 54.9 Å². The van der Waals surface area contributed by atoms with Crippen molar-refractivity contribution in [3.63, 3.8) is 0 Å². The highest BCUT2D eigenvalue weighted by Crippen LogP contribution is 2.29. The van der Waals surface area contributed by atoms with E-state index in [1.54, 1.807) is 11.8 Å². The predicted octanol–water partition coefficient (Wildman–Crippen LogP) is 8.48. The van der Waals surface area contributed by atoms with Crippen molar-refractivity contribution in [3.05, 3.63) is 118 Å². The number of thioether (sulfide) groups is 1. The highest BCUT2D eigenvalue weighted by molar-refractivity contribution is 8.01. The van der Waals surface area contributed by atoms with Gasteiger partial charge in [0.1, 0.15) is 0 Å². The minimum Gasteiger partial charge on any atom is -0.366 e. The summed E-state index contributed by atoms with van der Waals surface area (Å²) in [5.41, 5.74) is 9.13. The SMILES string of the molecule is C\C=C/C(=C\C(=C\SC)NC(=O)c1ccc(C)c(N2C=C(/C(C)=C(\CC)Nc3ccccc3)NC2)c1)C(C)(C)C. The molecule has 3 rings (SSSR count). The van der Waals surface area contributed by atoms with Gasteiger partial charge in [-0.1, -0.05) is 64.1 Å². The van der Waals surface area contributed by atoms with Crippen LogP contribution in [0.15, 0.2) is 107 Å². The number of allylic oxidation sites excluding steroid dienone is 6. The van der Waals surface area contributed by atoms with Gasteiger partial charge in [0.15, 0.2) is 0 Å². The van der Waals surface area contributed by atoms with Crippen LogP contribution in [0.2, 0.25) is 0 Å². The quantitative estimate of drug-likeness (QED) is 0.256. The molecule has 1 amide bonds. The maximum absolute atomic E-state index is 13.4. The normalized spacial score (nSPS) is 15.1. The molecule has 0 radical (unpaired) electrons. The largest absolute Gasteiger partial charge is 0.366 e. The van der Waals surface area contributed by atoms with E-state index in [1.807, 2.05) is 61.1 Å². The molecule has 0 fully saturated rings. The maximum atomic E-state index is 13.4. The summed E-state index contributed by atoms with van der Waals surface area (Å²) in [5, 5.41) is 12.2. The molecule has 6 heteroatoms. The lowest BCUT2D eigenvalue weighted by atomic mass is 9.85. The average molecular weight is 557 g/mol. The summed E-state index contributed by atoms with van der Waals surface area (Å²) in [5.74, 6) is -0.126. The van der Waals surface area contributed by atoms with Crippen LogP contribution in [0.3, 0.4) is 0 Å². The van der Waals surface area contributed by atoms with Gasteiger partial charge in [0.2, 0.25) is 0 Å². The molecule has 3 N–H and O–H groups in total. The number of para-hydroxylation sites is 1. The average Bonchev–Trinajstić information content (AvgIpc) is 3.41. The lowest BCUT2D eigenvalue weighted by Crippen LogP contribution is -2.24. The van der Waals surface area contributed by atoms with Gasteiger partial charge in [-0.05, 0) is 91.3 Å². The Morgan fingerprint density at radius 3 is 2.50 bits per heavy atom. The Morgan fingerprint density at radius 2 is 1.88 bits per heavy atom. The molecule has 1 aliphatic rings. The molecule has 5 nitrogen and oxygen atoms in total. The van der Waals surface area contributed by atoms with Gasteiger partial charge in [0.05, 0.1) is 12.4 Å². The third kappa shape index (κ3) is 8.18. The molecule has 0 spiro atoms. The first-order valence-electron chi connectivity index (χ1n) is 13.8. The number of anilines is 2. The van der Waals surface area contributed by atoms with Crippen molar-refractivity contribution in [2.24, 2.45) is 5.41 Å². The number of aryl methyl sites for hydroxylation is 1. The van der Waals surface area contributed by atoms with E-state index < -0.39 is 0 Å². The van der Waals surface area contributed by atoms with Crippen LogP contribution < -0.4 is 20.9 Å². The fourth-order valence-corrected chi connectivity index (χ4v) is 4.84. The molecule has 0 atom stereocenters. The van der Waals surface area contributed by atoms with Crippen molar-refractivity contribution in [1.29, 1.82) is 0 Å². The Bertz CT molecular complexity index is 1340. The van der Waals surface area contributed by atoms with Gasteiger partial charge in [-0.2, -0.15) is 0 Å². The second-order valence-electron chi connectivity index (χ2n) is 10.9. The van der Waals surface area contributed by atoms with Crippen LogP contribution in [0.25, 0.3) is 0 Å². The molecule has 0 aromatic heterocycles. The van der Waals surface area contributed by atoms with Gasteiger partial charge in [-0.25, -0.2) is 0 Å². The topological polar surface area (TPSA) is 56.4 Å². The zero-order chi connectivity index (χ0) is 29.3. The number of amides is 1. The number of benzene rings is 2. The smallest absolute Gasteiger partial charge is 0.255 e. The third-order valence-electron chi connectivity index (χ3n) is 6.81. The maximum Gasteiger partial charge on any atom is 0.255 e. The minimum absolute atomic E-state index is 0.0423. The van der Waals surface area contributed by atoms with E-state index in [2.05, 4.69) is 92.9 Å². The van der Waals surface area contributed by atoms with Crippen molar-refractivity contribution in [3.8, 4) is 0 Å². The van der Waals surface area contributed by atoms with Crippen LogP contribution in [0.4, 0.5) is 11.4 Å². The minimum atomic E-state index is -0.126. The van der Waals surface area contributed by atoms with Gasteiger partial charge >= 0.3 is 0 Å². The van der Waals surface area contributed by atoms with Crippen LogP contribution in [-0.2, 0) is 0 Å². The van der Waals surface area contributed by atoms with Crippen LogP contribution in [0.1, 0.15) is 63.9 Å². The summed E-state index contributed by atoms with van der Waals surface area (Å²) in [4.78, 5) is 15.6. The highest BCUT2D eigenvalue weighted by Gasteiger charge is 2.20. The summed E-state index contributed by atoms with van der Waals surface area (Å²) in [6, 6.07) is 16.1. The Labute approximate surface area is 245 Å². The first-order valence-corrected chi connectivity index (χ1v) is 15.1. The van der Waals surface area contributed by atoms with E-state index in [-0.39, 0.29) is 11.3 Å². The van der Waals surface area contributed by atoms with Crippen LogP contribution in [0, 0.1) is 12.3 Å². The Hall–Kier alpha value is -3.64. The third-order valence-corrected chi connectivity index (χ3v) is 7.30. The Balaban J connectivity index is 1.85. The zero-order valence-corrected chi connectivity index (χ0v) is 26.0. The molecule has 0 saturated carbocycles. The number of carbonyl (C=O) groups excluding carboxylic acids is 1. The zero-order valence-electron chi connectivity index (χ0n) is 25.2. The monoisotopic (exact) mass is 556 g/mol. The van der Waals surface area contributed by atoms with Gasteiger partial charge in [-0.15, -0.1) is 11.8 Å². The molecular weight excluding hydrogens is 512 g/mol. The highest BCUT2D eigenvalue weighted by atomic mass is 32.2. The lowest BCUT2D eigenvalue weighted by Gasteiger charge is -2.21. The number of nitrogens with zero attached hydrogens (tertiary/aromatic N) is 1. The van der Waals surface area contributed by atoms with Gasteiger partial charge in [0, 0.05) is 34.5 Å². The molecule has 0 bridgehead atoms. The van der Waals surface area contributed by atoms with E-state index in [0.29, 0.717) is 12.2 Å². The molecule has 2 aromatic rings. The van der Waals surface area contributed by atoms with E-state index in [4.69, 9.17) is 0 Å². The summed E-state index contributed by atoms with van der Waals surface area (Å²) in [6.45, 7) is 15.5. The molecule has 0 aliphatic carbocycles. The number of carbonyl (C=O) groups is 1. The van der Waals surface area contributed by atoms with E-state index in [0.717, 1.165) is 40.3 Å². The standard InChI is InChI=1S/C34H44N4OS/c1-9-14-27(34(5,6)7)20-29(22-40-8)37-33(39)26-18-17-24(3)32(19-26)38-21-31(35-23-38)25(4)30(10-2)36-28-15-12-11-13-16-28/h9,11-22,35-36H,10,23H2,1-8H3,(H,37,39)/b14-9-,27-20+,29-22-,30-25+. The summed E-state index contributed by atoms with van der Waals surface area (Å²) in [6.07, 6.45) is 11.2. The fraction of sp³-hybridized carbons (Fsp3) is 0.324. The van der Waals surface area contributed by atoms with Crippen LogP contribution in [0.5, 0.6) is 0 Å².